The molecule has 5 aliphatic rings. The molecule has 2 N–H and O–H groups in total. The number of hydrogen-bond acceptors (Lipinski definition) is 10. The molecule has 11 nitrogen and oxygen atoms in total. The molecule has 4 aromatic carbocycles. The molecule has 3 amide bonds. The first-order valence-electron chi connectivity index (χ1n) is 21.0. The van der Waals surface area contributed by atoms with E-state index in [4.69, 9.17) is 9.47 Å². The quantitative estimate of drug-likeness (QED) is 0.152. The smallest absolute Gasteiger partial charge is 0.416 e. The first kappa shape index (κ1) is 41.1. The number of phenolic OH excluding ortho intramolecular Hbond substituents is 1. The molecule has 9 rings (SSSR count). The van der Waals surface area contributed by atoms with E-state index in [2.05, 4.69) is 26.1 Å². The van der Waals surface area contributed by atoms with Gasteiger partial charge in [0.15, 0.2) is 0 Å². The van der Waals surface area contributed by atoms with Crippen molar-refractivity contribution >= 4 is 35.2 Å². The third kappa shape index (κ3) is 9.05. The second kappa shape index (κ2) is 17.3. The molecule has 4 aromatic rings. The van der Waals surface area contributed by atoms with Crippen LogP contribution in [-0.4, -0.2) is 103 Å². The summed E-state index contributed by atoms with van der Waals surface area (Å²) in [5.74, 6) is 1.28. The SMILES string of the molecule is O=C1CCC(N2Cc3cc(N4CCN(CC5CCN(CCOc6ccc(OC7c8ccc(O)cc8SC7c7ccc(C(F)(F)F)cc7)cc6)CC5)CC4)ccc3C2=O)C(=O)N1. The average Bonchev–Trinajstić information content (AvgIpc) is 3.77. The van der Waals surface area contributed by atoms with E-state index in [0.29, 0.717) is 42.4 Å². The van der Waals surface area contributed by atoms with E-state index in [-0.39, 0.29) is 29.2 Å². The van der Waals surface area contributed by atoms with Crippen LogP contribution in [0.1, 0.15) is 69.6 Å². The fourth-order valence-corrected chi connectivity index (χ4v) is 10.6. The highest BCUT2D eigenvalue weighted by atomic mass is 32.2. The molecule has 3 unspecified atom stereocenters. The fourth-order valence-electron chi connectivity index (χ4n) is 9.21. The van der Waals surface area contributed by atoms with Crippen LogP contribution in [0.25, 0.3) is 0 Å². The van der Waals surface area contributed by atoms with E-state index < -0.39 is 29.8 Å². The number of carbonyl (C=O) groups excluding carboxylic acids is 3. The molecule has 0 bridgehead atoms. The summed E-state index contributed by atoms with van der Waals surface area (Å²) in [6, 6.07) is 23.1. The number of phenols is 1. The Balaban J connectivity index is 0.702. The molecular weight excluding hydrogens is 808 g/mol. The zero-order valence-corrected chi connectivity index (χ0v) is 34.4. The summed E-state index contributed by atoms with van der Waals surface area (Å²) in [5.41, 5.74) is 3.54. The highest BCUT2D eigenvalue weighted by Crippen LogP contribution is 2.55. The molecule has 0 radical (unpaired) electrons. The van der Waals surface area contributed by atoms with Gasteiger partial charge in [-0.25, -0.2) is 0 Å². The third-order valence-electron chi connectivity index (χ3n) is 12.6. The molecule has 0 saturated carbocycles. The molecule has 3 fully saturated rings. The summed E-state index contributed by atoms with van der Waals surface area (Å²) in [5, 5.41) is 12.2. The molecule has 5 aliphatic heterocycles. The van der Waals surface area contributed by atoms with Gasteiger partial charge in [0.2, 0.25) is 11.8 Å². The first-order chi connectivity index (χ1) is 29.4. The number of thioether (sulfide) groups is 1. The van der Waals surface area contributed by atoms with Gasteiger partial charge in [-0.05, 0) is 116 Å². The van der Waals surface area contributed by atoms with Crippen LogP contribution in [0.15, 0.2) is 89.8 Å². The summed E-state index contributed by atoms with van der Waals surface area (Å²) < 4.78 is 52.3. The topological polar surface area (TPSA) is 115 Å². The Hall–Kier alpha value is -5.25. The number of rotatable bonds is 11. The summed E-state index contributed by atoms with van der Waals surface area (Å²) in [6.07, 6.45) is -2.00. The van der Waals surface area contributed by atoms with Crippen molar-refractivity contribution < 1.29 is 42.1 Å². The van der Waals surface area contributed by atoms with Crippen LogP contribution >= 0.6 is 11.8 Å². The van der Waals surface area contributed by atoms with Crippen molar-refractivity contribution in [3.63, 3.8) is 0 Å². The predicted molar refractivity (Wildman–Crippen MR) is 224 cm³/mol. The Morgan fingerprint density at radius 2 is 1.54 bits per heavy atom. The maximum absolute atomic E-state index is 13.2. The van der Waals surface area contributed by atoms with Crippen LogP contribution < -0.4 is 19.7 Å². The first-order valence-corrected chi connectivity index (χ1v) is 21.9. The van der Waals surface area contributed by atoms with E-state index in [1.807, 2.05) is 36.4 Å². The number of likely N-dealkylation sites (tertiary alicyclic amines) is 1. The average molecular weight is 856 g/mol. The van der Waals surface area contributed by atoms with Crippen molar-refractivity contribution in [2.24, 2.45) is 5.92 Å². The lowest BCUT2D eigenvalue weighted by atomic mass is 9.96. The largest absolute Gasteiger partial charge is 0.508 e. The van der Waals surface area contributed by atoms with E-state index in [9.17, 15) is 32.7 Å². The zero-order chi connectivity index (χ0) is 42.3. The minimum absolute atomic E-state index is 0.119. The van der Waals surface area contributed by atoms with Crippen molar-refractivity contribution in [3.05, 3.63) is 113 Å². The summed E-state index contributed by atoms with van der Waals surface area (Å²) in [6.45, 7) is 8.71. The molecule has 15 heteroatoms. The number of nitrogens with one attached hydrogen (secondary N) is 1. The molecule has 5 heterocycles. The number of fused-ring (bicyclic) bond motifs is 2. The number of hydrogen-bond donors (Lipinski definition) is 2. The molecule has 61 heavy (non-hydrogen) atoms. The van der Waals surface area contributed by atoms with E-state index in [0.717, 1.165) is 105 Å². The van der Waals surface area contributed by atoms with E-state index in [1.54, 1.807) is 23.1 Å². The summed E-state index contributed by atoms with van der Waals surface area (Å²) in [4.78, 5) is 47.0. The second-order valence-electron chi connectivity index (χ2n) is 16.6. The summed E-state index contributed by atoms with van der Waals surface area (Å²) >= 11 is 1.46. The number of nitrogens with zero attached hydrogens (tertiary/aromatic N) is 4. The van der Waals surface area contributed by atoms with Crippen LogP contribution in [0.5, 0.6) is 17.2 Å². The van der Waals surface area contributed by atoms with Crippen LogP contribution in [0.4, 0.5) is 18.9 Å². The Labute approximate surface area is 356 Å². The third-order valence-corrected chi connectivity index (χ3v) is 14.0. The lowest BCUT2D eigenvalue weighted by Gasteiger charge is -2.39. The maximum atomic E-state index is 13.2. The number of alkyl halides is 3. The summed E-state index contributed by atoms with van der Waals surface area (Å²) in [7, 11) is 0. The molecule has 0 aliphatic carbocycles. The van der Waals surface area contributed by atoms with Gasteiger partial charge in [0.05, 0.1) is 10.8 Å². The standard InChI is InChI=1S/C46H48F3N5O6S/c47-46(48,49)32-3-1-30(2-4-32)43-42(38-12-6-34(55)26-40(38)61-43)60-36-9-7-35(8-10-36)59-24-23-51-17-15-29(16-18-51)27-52-19-21-53(22-20-52)33-5-11-37-31(25-33)28-54(45(37)58)39-13-14-41(56)50-44(39)57/h1-12,25-26,29,39,42-43,55H,13-24,27-28H2,(H,50,56,57). The van der Waals surface area contributed by atoms with Crippen molar-refractivity contribution in [2.75, 3.05) is 63.9 Å². The van der Waals surface area contributed by atoms with E-state index in [1.165, 1.54) is 23.9 Å². The van der Waals surface area contributed by atoms with Gasteiger partial charge in [-0.2, -0.15) is 13.2 Å². The van der Waals surface area contributed by atoms with Crippen LogP contribution in [-0.2, 0) is 22.3 Å². The van der Waals surface area contributed by atoms with Gasteiger partial charge in [-0.1, -0.05) is 18.2 Å². The van der Waals surface area contributed by atoms with Gasteiger partial charge in [0, 0.05) is 73.9 Å². The second-order valence-corrected chi connectivity index (χ2v) is 17.7. The Morgan fingerprint density at radius 1 is 0.803 bits per heavy atom. The van der Waals surface area contributed by atoms with Crippen LogP contribution in [0.3, 0.4) is 0 Å². The highest BCUT2D eigenvalue weighted by molar-refractivity contribution is 8.00. The Morgan fingerprint density at radius 3 is 2.26 bits per heavy atom. The lowest BCUT2D eigenvalue weighted by molar-refractivity contribution is -0.138. The zero-order valence-electron chi connectivity index (χ0n) is 33.6. The van der Waals surface area contributed by atoms with Gasteiger partial charge in [-0.15, -0.1) is 11.8 Å². The lowest BCUT2D eigenvalue weighted by Crippen LogP contribution is -2.52. The molecular formula is C46H48F3N5O6S. The van der Waals surface area contributed by atoms with Crippen LogP contribution in [0.2, 0.25) is 0 Å². The molecule has 3 saturated heterocycles. The molecule has 0 spiro atoms. The van der Waals surface area contributed by atoms with Gasteiger partial charge in [-0.3, -0.25) is 29.5 Å². The Bertz CT molecular complexity index is 2260. The van der Waals surface area contributed by atoms with Crippen molar-refractivity contribution in [2.45, 2.75) is 60.7 Å². The number of piperidine rings is 2. The number of halogens is 3. The van der Waals surface area contributed by atoms with Gasteiger partial charge >= 0.3 is 6.18 Å². The number of carbonyl (C=O) groups is 3. The molecule has 0 aromatic heterocycles. The van der Waals surface area contributed by atoms with Gasteiger partial charge in [0.25, 0.3) is 5.91 Å². The number of aromatic hydroxyl groups is 1. The minimum atomic E-state index is -4.42. The monoisotopic (exact) mass is 855 g/mol. The van der Waals surface area contributed by atoms with Crippen LogP contribution in [0, 0.1) is 5.92 Å². The number of ether oxygens (including phenoxy) is 2. The Kier molecular flexibility index (Phi) is 11.6. The van der Waals surface area contributed by atoms with Crippen molar-refractivity contribution in [1.29, 1.82) is 0 Å². The molecule has 3 atom stereocenters. The number of benzene rings is 4. The molecule has 320 valence electrons. The van der Waals surface area contributed by atoms with Crippen molar-refractivity contribution in [3.8, 4) is 17.2 Å². The maximum Gasteiger partial charge on any atom is 0.416 e. The number of anilines is 1. The highest BCUT2D eigenvalue weighted by Gasteiger charge is 2.40. The normalized spacial score (nSPS) is 22.6. The van der Waals surface area contributed by atoms with Gasteiger partial charge < -0.3 is 24.4 Å². The predicted octanol–water partition coefficient (Wildman–Crippen LogP) is 7.05. The minimum Gasteiger partial charge on any atom is -0.508 e. The van der Waals surface area contributed by atoms with Gasteiger partial charge in [0.1, 0.15) is 36.0 Å². The van der Waals surface area contributed by atoms with Crippen molar-refractivity contribution in [1.82, 2.24) is 20.0 Å². The fraction of sp³-hybridized carbons (Fsp3) is 0.413. The number of piperazine rings is 1. The number of amides is 3. The number of imide groups is 1. The van der Waals surface area contributed by atoms with E-state index >= 15 is 0 Å².